The summed E-state index contributed by atoms with van der Waals surface area (Å²) < 4.78 is 29.9. The fraction of sp³-hybridized carbons (Fsp3) is 0.265. The van der Waals surface area contributed by atoms with Gasteiger partial charge in [-0.05, 0) is 74.4 Å². The van der Waals surface area contributed by atoms with Crippen LogP contribution in [-0.2, 0) is 9.53 Å². The first-order chi connectivity index (χ1) is 21.3. The van der Waals surface area contributed by atoms with Gasteiger partial charge in [0.05, 0.1) is 42.7 Å². The topological polar surface area (TPSA) is 97.6 Å². The second-order valence-electron chi connectivity index (χ2n) is 10.00. The number of aryl methyl sites for hydroxylation is 1. The molecule has 4 aromatic rings. The van der Waals surface area contributed by atoms with E-state index in [0.29, 0.717) is 51.1 Å². The second kappa shape index (κ2) is 13.6. The smallest absolute Gasteiger partial charge is 0.338 e. The molecule has 10 heteroatoms. The fourth-order valence-electron chi connectivity index (χ4n) is 4.88. The van der Waals surface area contributed by atoms with Gasteiger partial charge in [0.25, 0.3) is 5.56 Å². The first-order valence-electron chi connectivity index (χ1n) is 14.2. The van der Waals surface area contributed by atoms with Gasteiger partial charge in [-0.25, -0.2) is 9.79 Å². The third kappa shape index (κ3) is 6.55. The Morgan fingerprint density at radius 3 is 2.30 bits per heavy atom. The van der Waals surface area contributed by atoms with E-state index in [1.54, 1.807) is 56.9 Å². The molecule has 0 saturated heterocycles. The van der Waals surface area contributed by atoms with Gasteiger partial charge in [0, 0.05) is 0 Å². The number of allylic oxidation sites excluding steroid dienone is 1. The van der Waals surface area contributed by atoms with Gasteiger partial charge in [0.15, 0.2) is 16.3 Å². The molecule has 0 N–H and O–H groups in total. The largest absolute Gasteiger partial charge is 0.497 e. The number of esters is 1. The molecule has 228 valence electrons. The maximum absolute atomic E-state index is 13.9. The number of methoxy groups -OCH3 is 2. The average Bonchev–Trinajstić information content (AvgIpc) is 3.33. The molecule has 0 radical (unpaired) electrons. The summed E-state index contributed by atoms with van der Waals surface area (Å²) in [5.41, 5.74) is 3.22. The van der Waals surface area contributed by atoms with Crippen LogP contribution < -0.4 is 33.8 Å². The van der Waals surface area contributed by atoms with E-state index in [-0.39, 0.29) is 12.2 Å². The van der Waals surface area contributed by atoms with Gasteiger partial charge in [-0.15, -0.1) is 0 Å². The SMILES string of the molecule is CCOC(=O)C1=C(C)N=c2s/c(=C\c3ccc(OCCOc4ccc(C)cc4)c(OC)c3)c(=O)n2[C@H]1c1ccc(OC)cc1. The predicted octanol–water partition coefficient (Wildman–Crippen LogP) is 4.58. The number of fused-ring (bicyclic) bond motifs is 1. The lowest BCUT2D eigenvalue weighted by Crippen LogP contribution is -2.39. The molecule has 0 bridgehead atoms. The van der Waals surface area contributed by atoms with Gasteiger partial charge in [0.1, 0.15) is 24.7 Å². The number of thiazole rings is 1. The molecule has 5 rings (SSSR count). The van der Waals surface area contributed by atoms with Crippen molar-refractivity contribution in [3.63, 3.8) is 0 Å². The highest BCUT2D eigenvalue weighted by atomic mass is 32.1. The Morgan fingerprint density at radius 1 is 0.909 bits per heavy atom. The molecule has 0 amide bonds. The molecule has 44 heavy (non-hydrogen) atoms. The van der Waals surface area contributed by atoms with Crippen molar-refractivity contribution in [3.8, 4) is 23.0 Å². The molecule has 1 aromatic heterocycles. The van der Waals surface area contributed by atoms with Crippen LogP contribution in [0.1, 0.15) is 36.6 Å². The third-order valence-electron chi connectivity index (χ3n) is 7.06. The molecule has 0 unspecified atom stereocenters. The lowest BCUT2D eigenvalue weighted by Gasteiger charge is -2.24. The fourth-order valence-corrected chi connectivity index (χ4v) is 5.93. The molecule has 2 heterocycles. The first-order valence-corrected chi connectivity index (χ1v) is 15.0. The highest BCUT2D eigenvalue weighted by Crippen LogP contribution is 2.32. The molecule has 0 saturated carbocycles. The Kier molecular flexibility index (Phi) is 9.50. The lowest BCUT2D eigenvalue weighted by molar-refractivity contribution is -0.139. The lowest BCUT2D eigenvalue weighted by atomic mass is 9.96. The summed E-state index contributed by atoms with van der Waals surface area (Å²) in [6.07, 6.45) is 1.78. The van der Waals surface area contributed by atoms with E-state index in [1.165, 1.54) is 16.9 Å². The quantitative estimate of drug-likeness (QED) is 0.180. The molecule has 9 nitrogen and oxygen atoms in total. The first kappa shape index (κ1) is 30.6. The van der Waals surface area contributed by atoms with E-state index in [9.17, 15) is 9.59 Å². The number of hydrogen-bond acceptors (Lipinski definition) is 9. The van der Waals surface area contributed by atoms with Gasteiger partial charge >= 0.3 is 5.97 Å². The Labute approximate surface area is 259 Å². The van der Waals surface area contributed by atoms with E-state index in [2.05, 4.69) is 4.99 Å². The highest BCUT2D eigenvalue weighted by molar-refractivity contribution is 7.07. The Balaban J connectivity index is 1.44. The van der Waals surface area contributed by atoms with Crippen LogP contribution in [0, 0.1) is 6.92 Å². The summed E-state index contributed by atoms with van der Waals surface area (Å²) >= 11 is 1.26. The van der Waals surface area contributed by atoms with E-state index in [4.69, 9.17) is 23.7 Å². The van der Waals surface area contributed by atoms with Gasteiger partial charge in [0.2, 0.25) is 0 Å². The molecule has 1 atom stereocenters. The Hall–Kier alpha value is -4.83. The number of carbonyl (C=O) groups excluding carboxylic acids is 1. The summed E-state index contributed by atoms with van der Waals surface area (Å²) in [5.74, 6) is 2.03. The van der Waals surface area contributed by atoms with E-state index < -0.39 is 12.0 Å². The van der Waals surface area contributed by atoms with Crippen molar-refractivity contribution >= 4 is 23.4 Å². The van der Waals surface area contributed by atoms with Crippen molar-refractivity contribution in [1.29, 1.82) is 0 Å². The van der Waals surface area contributed by atoms with Crippen molar-refractivity contribution in [1.82, 2.24) is 4.57 Å². The maximum atomic E-state index is 13.9. The molecule has 1 aliphatic heterocycles. The molecule has 3 aromatic carbocycles. The van der Waals surface area contributed by atoms with E-state index in [1.807, 2.05) is 55.5 Å². The van der Waals surface area contributed by atoms with Crippen molar-refractivity contribution in [2.45, 2.75) is 26.8 Å². The van der Waals surface area contributed by atoms with Crippen molar-refractivity contribution in [3.05, 3.63) is 114 Å². The summed E-state index contributed by atoms with van der Waals surface area (Å²) in [5, 5.41) is 0. The van der Waals surface area contributed by atoms with E-state index in [0.717, 1.165) is 16.9 Å². The van der Waals surface area contributed by atoms with Crippen LogP contribution in [0.15, 0.2) is 87.8 Å². The maximum Gasteiger partial charge on any atom is 0.338 e. The van der Waals surface area contributed by atoms with Crippen LogP contribution in [-0.4, -0.2) is 44.6 Å². The zero-order chi connectivity index (χ0) is 31.2. The predicted molar refractivity (Wildman–Crippen MR) is 169 cm³/mol. The molecular formula is C34H34N2O7S. The van der Waals surface area contributed by atoms with E-state index >= 15 is 0 Å². The highest BCUT2D eigenvalue weighted by Gasteiger charge is 2.33. The summed E-state index contributed by atoms with van der Waals surface area (Å²) in [6.45, 7) is 6.44. The number of carbonyl (C=O) groups is 1. The molecular weight excluding hydrogens is 580 g/mol. The van der Waals surface area contributed by atoms with Gasteiger partial charge < -0.3 is 23.7 Å². The zero-order valence-electron chi connectivity index (χ0n) is 25.3. The monoisotopic (exact) mass is 614 g/mol. The van der Waals surface area contributed by atoms with Crippen LogP contribution in [0.25, 0.3) is 6.08 Å². The van der Waals surface area contributed by atoms with Gasteiger partial charge in [-0.2, -0.15) is 0 Å². The van der Waals surface area contributed by atoms with Gasteiger partial charge in [-0.3, -0.25) is 9.36 Å². The third-order valence-corrected chi connectivity index (χ3v) is 8.05. The summed E-state index contributed by atoms with van der Waals surface area (Å²) in [7, 11) is 3.15. The van der Waals surface area contributed by atoms with Crippen LogP contribution in [0.2, 0.25) is 0 Å². The zero-order valence-corrected chi connectivity index (χ0v) is 26.1. The minimum atomic E-state index is -0.703. The number of hydrogen-bond donors (Lipinski definition) is 0. The van der Waals surface area contributed by atoms with Crippen LogP contribution in [0.4, 0.5) is 0 Å². The number of nitrogens with zero attached hydrogens (tertiary/aromatic N) is 2. The second-order valence-corrected chi connectivity index (χ2v) is 11.0. The number of ether oxygens (including phenoxy) is 5. The molecule has 0 fully saturated rings. The number of aromatic nitrogens is 1. The molecule has 0 spiro atoms. The standard InChI is InChI=1S/C34H34N2O7S/c1-6-41-33(38)30-22(3)35-34-36(31(30)24-10-14-25(39-4)15-11-24)32(37)29(44-34)20-23-9-16-27(28(19-23)40-5)43-18-17-42-26-12-7-21(2)8-13-26/h7-16,19-20,31H,6,17-18H2,1-5H3/b29-20-/t31-/m0/s1. The van der Waals surface area contributed by atoms with Crippen molar-refractivity contribution in [2.75, 3.05) is 34.0 Å². The van der Waals surface area contributed by atoms with Crippen LogP contribution in [0.5, 0.6) is 23.0 Å². The van der Waals surface area contributed by atoms with Crippen LogP contribution in [0.3, 0.4) is 0 Å². The number of rotatable bonds is 11. The molecule has 1 aliphatic rings. The normalized spacial score (nSPS) is 14.5. The number of benzene rings is 3. The van der Waals surface area contributed by atoms with Crippen molar-refractivity contribution in [2.24, 2.45) is 4.99 Å². The van der Waals surface area contributed by atoms with Crippen molar-refractivity contribution < 1.29 is 28.5 Å². The minimum Gasteiger partial charge on any atom is -0.497 e. The Morgan fingerprint density at radius 2 is 1.61 bits per heavy atom. The average molecular weight is 615 g/mol. The molecule has 0 aliphatic carbocycles. The summed E-state index contributed by atoms with van der Waals surface area (Å²) in [6, 6.07) is 19.9. The minimum absolute atomic E-state index is 0.205. The summed E-state index contributed by atoms with van der Waals surface area (Å²) in [4.78, 5) is 32.1. The Bertz CT molecular complexity index is 1860. The van der Waals surface area contributed by atoms with Gasteiger partial charge in [-0.1, -0.05) is 47.2 Å². The van der Waals surface area contributed by atoms with Crippen LogP contribution >= 0.6 is 11.3 Å².